The Kier molecular flexibility index (Phi) is 9.13. The summed E-state index contributed by atoms with van der Waals surface area (Å²) in [6.45, 7) is 1.79. The smallest absolute Gasteiger partial charge is 0.417 e. The minimum atomic E-state index is -4.77. The summed E-state index contributed by atoms with van der Waals surface area (Å²) < 4.78 is 46.0. The zero-order chi connectivity index (χ0) is 40.0. The van der Waals surface area contributed by atoms with Crippen LogP contribution in [0.5, 0.6) is 11.5 Å². The standard InChI is InChI=1S/C40H30Cl3F3N4O6/c1-18-3-8-22(14-29(18)42)49-35(52)25-11-10-24-26(32(25)37(49)54)16-28-36(53)50(48-34-30(43)13-20(17-47-34)40(44,45)46)38(55)39(28,19-4-6-21(41)7-5-19)33(24)27-15-23(56-2)9-12-31(27)51/h3-10,12-15,17,25-26,28,32-33,51H,11,16H2,1-2H3,(H,47,48). The molecule has 0 bridgehead atoms. The molecule has 16 heteroatoms. The van der Waals surface area contributed by atoms with Crippen LogP contribution in [-0.2, 0) is 30.8 Å². The lowest BCUT2D eigenvalue weighted by Crippen LogP contribution is -2.53. The number of ether oxygens (including phenoxy) is 1. The third-order valence-electron chi connectivity index (χ3n) is 11.5. The number of aromatic nitrogens is 1. The van der Waals surface area contributed by atoms with E-state index in [0.29, 0.717) is 49.9 Å². The molecule has 6 atom stereocenters. The molecule has 6 unspecified atom stereocenters. The molecule has 288 valence electrons. The number of carbonyl (C=O) groups excluding carboxylic acids is 4. The van der Waals surface area contributed by atoms with Crippen molar-refractivity contribution < 1.29 is 42.2 Å². The van der Waals surface area contributed by atoms with Gasteiger partial charge in [-0.3, -0.25) is 24.6 Å². The summed E-state index contributed by atoms with van der Waals surface area (Å²) in [5, 5.41) is 12.5. The molecule has 2 N–H and O–H groups in total. The van der Waals surface area contributed by atoms with Crippen LogP contribution in [0.4, 0.5) is 24.7 Å². The Morgan fingerprint density at radius 3 is 2.30 bits per heavy atom. The zero-order valence-corrected chi connectivity index (χ0v) is 31.7. The Hall–Kier alpha value is -5.11. The fourth-order valence-electron chi connectivity index (χ4n) is 8.99. The number of amides is 4. The number of hydrazine groups is 1. The first-order chi connectivity index (χ1) is 26.6. The van der Waals surface area contributed by atoms with Crippen LogP contribution in [0.1, 0.15) is 41.0 Å². The number of phenols is 1. The SMILES string of the molecule is COc1ccc(O)c(C2C3=CCC4C(=O)N(c5ccc(C)c(Cl)c5)C(=O)C4C3CC3C(=O)N(Nc4ncc(C(F)(F)F)cc4Cl)C(=O)C32c2ccc(Cl)cc2)c1. The fraction of sp³-hybridized carbons (Fsp3) is 0.275. The summed E-state index contributed by atoms with van der Waals surface area (Å²) in [5.41, 5.74) is 1.72. The molecule has 0 spiro atoms. The van der Waals surface area contributed by atoms with E-state index in [9.17, 15) is 32.7 Å². The van der Waals surface area contributed by atoms with Crippen molar-refractivity contribution in [2.24, 2.45) is 23.7 Å². The van der Waals surface area contributed by atoms with E-state index in [1.54, 1.807) is 55.5 Å². The van der Waals surface area contributed by atoms with E-state index in [0.717, 1.165) is 10.5 Å². The van der Waals surface area contributed by atoms with Gasteiger partial charge >= 0.3 is 6.18 Å². The normalized spacial score (nSPS) is 25.9. The van der Waals surface area contributed by atoms with Gasteiger partial charge in [-0.1, -0.05) is 64.7 Å². The van der Waals surface area contributed by atoms with Gasteiger partial charge in [-0.15, -0.1) is 0 Å². The Bertz CT molecular complexity index is 2390. The molecule has 10 nitrogen and oxygen atoms in total. The number of hydrogen-bond donors (Lipinski definition) is 2. The number of anilines is 2. The molecule has 4 aromatic rings. The first-order valence-corrected chi connectivity index (χ1v) is 18.6. The van der Waals surface area contributed by atoms with Crippen molar-refractivity contribution in [3.8, 4) is 11.5 Å². The Morgan fingerprint density at radius 2 is 1.64 bits per heavy atom. The number of phenolic OH excluding ortho intramolecular Hbond substituents is 1. The van der Waals surface area contributed by atoms with Crippen LogP contribution in [0, 0.1) is 30.6 Å². The minimum Gasteiger partial charge on any atom is -0.508 e. The van der Waals surface area contributed by atoms with E-state index in [1.807, 2.05) is 6.08 Å². The molecule has 4 amide bonds. The van der Waals surface area contributed by atoms with Gasteiger partial charge in [0.1, 0.15) is 11.5 Å². The summed E-state index contributed by atoms with van der Waals surface area (Å²) in [5.74, 6) is -7.86. The molecule has 2 saturated heterocycles. The van der Waals surface area contributed by atoms with Crippen LogP contribution in [-0.4, -0.2) is 45.8 Å². The van der Waals surface area contributed by atoms with Gasteiger partial charge in [-0.05, 0) is 85.3 Å². The second-order valence-electron chi connectivity index (χ2n) is 14.3. The maximum Gasteiger partial charge on any atom is 0.417 e. The summed E-state index contributed by atoms with van der Waals surface area (Å²) in [6.07, 6.45) is -2.43. The third kappa shape index (κ3) is 5.65. The molecule has 1 aromatic heterocycles. The van der Waals surface area contributed by atoms with Gasteiger partial charge in [0, 0.05) is 27.7 Å². The van der Waals surface area contributed by atoms with Gasteiger partial charge < -0.3 is 9.84 Å². The topological polar surface area (TPSA) is 129 Å². The monoisotopic (exact) mass is 824 g/mol. The summed E-state index contributed by atoms with van der Waals surface area (Å²) >= 11 is 19.0. The van der Waals surface area contributed by atoms with E-state index >= 15 is 4.79 Å². The van der Waals surface area contributed by atoms with Crippen LogP contribution in [0.15, 0.2) is 84.6 Å². The van der Waals surface area contributed by atoms with Crippen molar-refractivity contribution in [3.63, 3.8) is 0 Å². The van der Waals surface area contributed by atoms with Gasteiger partial charge in [-0.2, -0.15) is 18.2 Å². The zero-order valence-electron chi connectivity index (χ0n) is 29.4. The number of rotatable bonds is 6. The number of pyridine rings is 1. The van der Waals surface area contributed by atoms with E-state index in [1.165, 1.54) is 19.2 Å². The molecule has 3 aromatic carbocycles. The number of alkyl halides is 3. The number of imide groups is 2. The summed E-state index contributed by atoms with van der Waals surface area (Å²) in [6, 6.07) is 16.3. The molecule has 3 heterocycles. The number of benzene rings is 3. The van der Waals surface area contributed by atoms with Crippen LogP contribution < -0.4 is 15.1 Å². The highest BCUT2D eigenvalue weighted by Gasteiger charge is 2.71. The van der Waals surface area contributed by atoms with Crippen LogP contribution in [0.3, 0.4) is 0 Å². The fourth-order valence-corrected chi connectivity index (χ4v) is 9.50. The maximum atomic E-state index is 15.3. The number of aryl methyl sites for hydroxylation is 1. The quantitative estimate of drug-likeness (QED) is 0.147. The molecule has 8 rings (SSSR count). The molecule has 0 radical (unpaired) electrons. The predicted octanol–water partition coefficient (Wildman–Crippen LogP) is 8.27. The average molecular weight is 826 g/mol. The number of fused-ring (bicyclic) bond motifs is 4. The summed E-state index contributed by atoms with van der Waals surface area (Å²) in [7, 11) is 1.42. The Labute approximate surface area is 332 Å². The van der Waals surface area contributed by atoms with Crippen molar-refractivity contribution in [1.82, 2.24) is 9.99 Å². The highest BCUT2D eigenvalue weighted by atomic mass is 35.5. The van der Waals surface area contributed by atoms with Gasteiger partial charge in [0.2, 0.25) is 11.8 Å². The van der Waals surface area contributed by atoms with E-state index < -0.39 is 81.2 Å². The number of carbonyl (C=O) groups is 4. The lowest BCUT2D eigenvalue weighted by molar-refractivity contribution is -0.139. The summed E-state index contributed by atoms with van der Waals surface area (Å²) in [4.78, 5) is 63.8. The van der Waals surface area contributed by atoms with Crippen LogP contribution >= 0.6 is 34.8 Å². The molecule has 3 fully saturated rings. The number of nitrogens with zero attached hydrogens (tertiary/aromatic N) is 3. The number of nitrogens with one attached hydrogen (secondary N) is 1. The molecular formula is C40H30Cl3F3N4O6. The maximum absolute atomic E-state index is 15.3. The Morgan fingerprint density at radius 1 is 0.911 bits per heavy atom. The first kappa shape index (κ1) is 37.8. The molecule has 2 aliphatic heterocycles. The second-order valence-corrected chi connectivity index (χ2v) is 15.5. The first-order valence-electron chi connectivity index (χ1n) is 17.4. The Balaban J connectivity index is 1.32. The molecular weight excluding hydrogens is 796 g/mol. The van der Waals surface area contributed by atoms with Crippen LogP contribution in [0.25, 0.3) is 0 Å². The van der Waals surface area contributed by atoms with E-state index in [-0.39, 0.29) is 24.2 Å². The number of methoxy groups -OCH3 is 1. The van der Waals surface area contributed by atoms with E-state index in [4.69, 9.17) is 39.5 Å². The lowest BCUT2D eigenvalue weighted by Gasteiger charge is -2.50. The van der Waals surface area contributed by atoms with Gasteiger partial charge in [0.15, 0.2) is 5.82 Å². The molecule has 2 aliphatic carbocycles. The van der Waals surface area contributed by atoms with Gasteiger partial charge in [0.25, 0.3) is 11.8 Å². The van der Waals surface area contributed by atoms with Crippen molar-refractivity contribution >= 4 is 69.9 Å². The second kappa shape index (κ2) is 13.5. The van der Waals surface area contributed by atoms with Crippen molar-refractivity contribution in [2.45, 2.75) is 37.3 Å². The molecule has 56 heavy (non-hydrogen) atoms. The number of halogens is 6. The lowest BCUT2D eigenvalue weighted by atomic mass is 9.49. The largest absolute Gasteiger partial charge is 0.508 e. The predicted molar refractivity (Wildman–Crippen MR) is 200 cm³/mol. The van der Waals surface area contributed by atoms with Crippen molar-refractivity contribution in [3.05, 3.63) is 122 Å². The van der Waals surface area contributed by atoms with Crippen molar-refractivity contribution in [1.29, 1.82) is 0 Å². The number of aromatic hydroxyl groups is 1. The highest BCUT2D eigenvalue weighted by Crippen LogP contribution is 2.65. The number of allylic oxidation sites excluding steroid dienone is 2. The van der Waals surface area contributed by atoms with Gasteiger partial charge in [-0.25, -0.2) is 9.88 Å². The van der Waals surface area contributed by atoms with E-state index in [2.05, 4.69) is 10.4 Å². The molecule has 1 saturated carbocycles. The van der Waals surface area contributed by atoms with Gasteiger partial charge in [0.05, 0.1) is 46.6 Å². The van der Waals surface area contributed by atoms with Crippen molar-refractivity contribution in [2.75, 3.05) is 17.4 Å². The average Bonchev–Trinajstić information content (AvgIpc) is 3.54. The highest BCUT2D eigenvalue weighted by molar-refractivity contribution is 6.33. The molecule has 4 aliphatic rings. The third-order valence-corrected chi connectivity index (χ3v) is 12.5. The van der Waals surface area contributed by atoms with Crippen LogP contribution in [0.2, 0.25) is 15.1 Å². The number of hydrogen-bond acceptors (Lipinski definition) is 8. The minimum absolute atomic E-state index is 0.102.